The number of rotatable bonds is 4. The molecule has 0 bridgehead atoms. The molecule has 4 rings (SSSR count). The average molecular weight is 322 g/mol. The molecule has 6 nitrogen and oxygen atoms in total. The van der Waals surface area contributed by atoms with Gasteiger partial charge in [0.15, 0.2) is 5.76 Å². The standard InChI is InChI=1S/C18H18N4O2/c1-12-7-8-15(24-12)17-14(9-19-21-17)18-20-16(23)11-22(18)10-13-5-3-2-4-6-13/h2-9,18H,10-11H2,1H3,(H,19,21)(H,20,23). The largest absolute Gasteiger partial charge is 0.460 e. The van der Waals surface area contributed by atoms with Crippen molar-refractivity contribution in [1.82, 2.24) is 20.4 Å². The Balaban J connectivity index is 1.65. The van der Waals surface area contributed by atoms with Crippen molar-refractivity contribution in [2.75, 3.05) is 6.54 Å². The topological polar surface area (TPSA) is 74.2 Å². The maximum atomic E-state index is 12.0. The molecule has 1 aromatic carbocycles. The summed E-state index contributed by atoms with van der Waals surface area (Å²) in [7, 11) is 0. The molecule has 0 saturated carbocycles. The Bertz CT molecular complexity index is 853. The van der Waals surface area contributed by atoms with Crippen LogP contribution in [0.4, 0.5) is 0 Å². The second-order valence-electron chi connectivity index (χ2n) is 5.97. The molecule has 1 saturated heterocycles. The number of nitrogens with one attached hydrogen (secondary N) is 2. The predicted octanol–water partition coefficient (Wildman–Crippen LogP) is 2.61. The van der Waals surface area contributed by atoms with Crippen LogP contribution in [-0.4, -0.2) is 27.5 Å². The van der Waals surface area contributed by atoms with Gasteiger partial charge in [0.2, 0.25) is 5.91 Å². The van der Waals surface area contributed by atoms with Crippen molar-refractivity contribution < 1.29 is 9.21 Å². The number of aryl methyl sites for hydroxylation is 1. The highest BCUT2D eigenvalue weighted by atomic mass is 16.3. The van der Waals surface area contributed by atoms with Crippen LogP contribution >= 0.6 is 0 Å². The molecule has 24 heavy (non-hydrogen) atoms. The van der Waals surface area contributed by atoms with Gasteiger partial charge in [-0.25, -0.2) is 0 Å². The average Bonchev–Trinajstić information content (AvgIpc) is 3.28. The SMILES string of the molecule is Cc1ccc(-c2[nH]ncc2C2NC(=O)CN2Cc2ccccc2)o1. The van der Waals surface area contributed by atoms with E-state index in [1.165, 1.54) is 0 Å². The van der Waals surface area contributed by atoms with Gasteiger partial charge >= 0.3 is 0 Å². The van der Waals surface area contributed by atoms with Gasteiger partial charge in [-0.15, -0.1) is 0 Å². The van der Waals surface area contributed by atoms with Gasteiger partial charge < -0.3 is 9.73 Å². The molecule has 122 valence electrons. The van der Waals surface area contributed by atoms with Crippen LogP contribution in [0.1, 0.15) is 23.1 Å². The normalized spacial score (nSPS) is 18.0. The van der Waals surface area contributed by atoms with Gasteiger partial charge in [-0.05, 0) is 24.6 Å². The second-order valence-corrected chi connectivity index (χ2v) is 5.97. The Hall–Kier alpha value is -2.86. The van der Waals surface area contributed by atoms with Gasteiger partial charge in [0.1, 0.15) is 17.6 Å². The number of benzene rings is 1. The number of aromatic amines is 1. The van der Waals surface area contributed by atoms with E-state index >= 15 is 0 Å². The number of hydrogen-bond donors (Lipinski definition) is 2. The van der Waals surface area contributed by atoms with Crippen LogP contribution in [-0.2, 0) is 11.3 Å². The Kier molecular flexibility index (Phi) is 3.66. The summed E-state index contributed by atoms with van der Waals surface area (Å²) in [5.41, 5.74) is 2.87. The van der Waals surface area contributed by atoms with Crippen LogP contribution in [0.5, 0.6) is 0 Å². The maximum Gasteiger partial charge on any atom is 0.235 e. The van der Waals surface area contributed by atoms with Gasteiger partial charge in [0.05, 0.1) is 12.7 Å². The predicted molar refractivity (Wildman–Crippen MR) is 88.8 cm³/mol. The quantitative estimate of drug-likeness (QED) is 0.774. The third-order valence-electron chi connectivity index (χ3n) is 4.19. The monoisotopic (exact) mass is 322 g/mol. The summed E-state index contributed by atoms with van der Waals surface area (Å²) in [6, 6.07) is 13.9. The van der Waals surface area contributed by atoms with E-state index in [2.05, 4.69) is 32.5 Å². The maximum absolute atomic E-state index is 12.0. The molecule has 1 amide bonds. The highest BCUT2D eigenvalue weighted by molar-refractivity contribution is 5.81. The summed E-state index contributed by atoms with van der Waals surface area (Å²) >= 11 is 0. The van der Waals surface area contributed by atoms with Crippen LogP contribution in [0.25, 0.3) is 11.5 Å². The first-order valence-corrected chi connectivity index (χ1v) is 7.88. The zero-order valence-electron chi connectivity index (χ0n) is 13.3. The molecule has 1 unspecified atom stereocenters. The molecule has 2 aromatic heterocycles. The molecule has 1 atom stereocenters. The molecule has 0 aliphatic carbocycles. The first-order valence-electron chi connectivity index (χ1n) is 7.88. The fourth-order valence-electron chi connectivity index (χ4n) is 3.07. The van der Waals surface area contributed by atoms with Crippen molar-refractivity contribution in [2.24, 2.45) is 0 Å². The minimum atomic E-state index is -0.225. The van der Waals surface area contributed by atoms with E-state index < -0.39 is 0 Å². The summed E-state index contributed by atoms with van der Waals surface area (Å²) in [6.07, 6.45) is 1.53. The van der Waals surface area contributed by atoms with Crippen LogP contribution in [0, 0.1) is 6.92 Å². The van der Waals surface area contributed by atoms with Crippen molar-refractivity contribution in [1.29, 1.82) is 0 Å². The number of carbonyl (C=O) groups excluding carboxylic acids is 1. The molecule has 1 aliphatic rings. The highest BCUT2D eigenvalue weighted by Crippen LogP contribution is 2.32. The molecule has 1 aliphatic heterocycles. The Morgan fingerprint density at radius 2 is 2.08 bits per heavy atom. The van der Waals surface area contributed by atoms with E-state index in [-0.39, 0.29) is 12.1 Å². The lowest BCUT2D eigenvalue weighted by atomic mass is 10.1. The van der Waals surface area contributed by atoms with E-state index in [1.54, 1.807) is 6.20 Å². The summed E-state index contributed by atoms with van der Waals surface area (Å²) in [4.78, 5) is 14.1. The molecule has 1 fully saturated rings. The first kappa shape index (κ1) is 14.7. The number of hydrogen-bond acceptors (Lipinski definition) is 4. The number of amides is 1. The Labute approximate surface area is 139 Å². The molecule has 0 radical (unpaired) electrons. The zero-order valence-corrected chi connectivity index (χ0v) is 13.3. The lowest BCUT2D eigenvalue weighted by Gasteiger charge is -2.23. The number of aromatic nitrogens is 2. The smallest absolute Gasteiger partial charge is 0.235 e. The zero-order chi connectivity index (χ0) is 16.5. The van der Waals surface area contributed by atoms with Gasteiger partial charge in [0, 0.05) is 12.1 Å². The molecule has 3 aromatic rings. The fourth-order valence-corrected chi connectivity index (χ4v) is 3.07. The van der Waals surface area contributed by atoms with E-state index in [1.807, 2.05) is 37.3 Å². The van der Waals surface area contributed by atoms with Crippen molar-refractivity contribution in [3.63, 3.8) is 0 Å². The molecule has 2 N–H and O–H groups in total. The van der Waals surface area contributed by atoms with Gasteiger partial charge in [-0.3, -0.25) is 14.8 Å². The van der Waals surface area contributed by atoms with Crippen LogP contribution in [0.15, 0.2) is 53.1 Å². The Morgan fingerprint density at radius 3 is 2.83 bits per heavy atom. The van der Waals surface area contributed by atoms with Crippen LogP contribution in [0.3, 0.4) is 0 Å². The lowest BCUT2D eigenvalue weighted by molar-refractivity contribution is -0.118. The molecular weight excluding hydrogens is 304 g/mol. The minimum Gasteiger partial charge on any atom is -0.460 e. The number of carbonyl (C=O) groups is 1. The third kappa shape index (κ3) is 2.72. The molecule has 3 heterocycles. The van der Waals surface area contributed by atoms with Crippen molar-refractivity contribution in [2.45, 2.75) is 19.6 Å². The first-order chi connectivity index (χ1) is 11.7. The van der Waals surface area contributed by atoms with Crippen molar-refractivity contribution >= 4 is 5.91 Å². The number of nitrogens with zero attached hydrogens (tertiary/aromatic N) is 2. The Morgan fingerprint density at radius 1 is 1.25 bits per heavy atom. The van der Waals surface area contributed by atoms with Gasteiger partial charge in [0.25, 0.3) is 0 Å². The van der Waals surface area contributed by atoms with Crippen LogP contribution < -0.4 is 5.32 Å². The fraction of sp³-hybridized carbons (Fsp3) is 0.222. The summed E-state index contributed by atoms with van der Waals surface area (Å²) in [6.45, 7) is 2.95. The molecule has 0 spiro atoms. The molecule has 6 heteroatoms. The van der Waals surface area contributed by atoms with Gasteiger partial charge in [-0.1, -0.05) is 30.3 Å². The van der Waals surface area contributed by atoms with E-state index in [9.17, 15) is 4.79 Å². The summed E-state index contributed by atoms with van der Waals surface area (Å²) in [5, 5.41) is 10.2. The van der Waals surface area contributed by atoms with E-state index in [0.717, 1.165) is 28.3 Å². The number of H-pyrrole nitrogens is 1. The van der Waals surface area contributed by atoms with E-state index in [4.69, 9.17) is 4.42 Å². The third-order valence-corrected chi connectivity index (χ3v) is 4.19. The van der Waals surface area contributed by atoms with Gasteiger partial charge in [-0.2, -0.15) is 5.10 Å². The van der Waals surface area contributed by atoms with Crippen molar-refractivity contribution in [3.05, 3.63) is 65.5 Å². The summed E-state index contributed by atoms with van der Waals surface area (Å²) in [5.74, 6) is 1.57. The summed E-state index contributed by atoms with van der Waals surface area (Å²) < 4.78 is 5.71. The molecular formula is C18H18N4O2. The number of furan rings is 1. The second kappa shape index (κ2) is 5.98. The van der Waals surface area contributed by atoms with E-state index in [0.29, 0.717) is 13.1 Å². The van der Waals surface area contributed by atoms with Crippen molar-refractivity contribution in [3.8, 4) is 11.5 Å². The highest BCUT2D eigenvalue weighted by Gasteiger charge is 2.33. The lowest BCUT2D eigenvalue weighted by Crippen LogP contribution is -2.27. The minimum absolute atomic E-state index is 0.0127. The van der Waals surface area contributed by atoms with Crippen LogP contribution in [0.2, 0.25) is 0 Å².